The molecule has 0 atom stereocenters. The summed E-state index contributed by atoms with van der Waals surface area (Å²) in [5.41, 5.74) is 2.19. The molecule has 0 radical (unpaired) electrons. The van der Waals surface area contributed by atoms with Gasteiger partial charge in [0.15, 0.2) is 0 Å². The van der Waals surface area contributed by atoms with Crippen molar-refractivity contribution < 1.29 is 4.79 Å². The molecule has 20 heavy (non-hydrogen) atoms. The number of rotatable bonds is 4. The summed E-state index contributed by atoms with van der Waals surface area (Å²) in [4.78, 5) is 19.0. The van der Waals surface area contributed by atoms with Gasteiger partial charge >= 0.3 is 0 Å². The highest BCUT2D eigenvalue weighted by Gasteiger charge is 2.25. The zero-order chi connectivity index (χ0) is 13.9. The third kappa shape index (κ3) is 2.79. The van der Waals surface area contributed by atoms with Crippen molar-refractivity contribution in [3.63, 3.8) is 0 Å². The molecule has 3 rings (SSSR count). The van der Waals surface area contributed by atoms with Gasteiger partial charge in [0.25, 0.3) is 0 Å². The Labute approximate surface area is 120 Å². The van der Waals surface area contributed by atoms with Crippen LogP contribution in [0.1, 0.15) is 43.4 Å². The van der Waals surface area contributed by atoms with E-state index in [4.69, 9.17) is 0 Å². The number of nitrogens with one attached hydrogen (secondary N) is 1. The molecule has 1 N–H and O–H groups in total. The molecule has 1 saturated heterocycles. The third-order valence-electron chi connectivity index (χ3n) is 4.43. The predicted molar refractivity (Wildman–Crippen MR) is 79.6 cm³/mol. The van der Waals surface area contributed by atoms with Gasteiger partial charge in [-0.25, -0.2) is 4.98 Å². The number of aromatic nitrogens is 1. The van der Waals surface area contributed by atoms with Gasteiger partial charge in [-0.05, 0) is 38.7 Å². The van der Waals surface area contributed by atoms with E-state index in [0.717, 1.165) is 43.0 Å². The van der Waals surface area contributed by atoms with E-state index >= 15 is 0 Å². The second kappa shape index (κ2) is 5.81. The summed E-state index contributed by atoms with van der Waals surface area (Å²) < 4.78 is 0. The smallest absolute Gasteiger partial charge is 0.223 e. The van der Waals surface area contributed by atoms with Gasteiger partial charge in [0.2, 0.25) is 5.91 Å². The number of carbonyl (C=O) groups excluding carboxylic acids is 1. The minimum atomic E-state index is 0.212. The maximum absolute atomic E-state index is 12.0. The average molecular weight is 273 g/mol. The number of carbonyl (C=O) groups is 1. The molecule has 1 aromatic heterocycles. The van der Waals surface area contributed by atoms with Crippen LogP contribution < -0.4 is 10.2 Å². The highest BCUT2D eigenvalue weighted by Crippen LogP contribution is 2.27. The number of pyridine rings is 1. The Morgan fingerprint density at radius 2 is 2.05 bits per heavy atom. The van der Waals surface area contributed by atoms with Crippen LogP contribution >= 0.6 is 0 Å². The Bertz CT molecular complexity index is 490. The molecule has 108 valence electrons. The highest BCUT2D eigenvalue weighted by molar-refractivity contribution is 5.79. The molecule has 1 aromatic rings. The molecular weight excluding hydrogens is 250 g/mol. The molecule has 0 aromatic carbocycles. The summed E-state index contributed by atoms with van der Waals surface area (Å²) in [5, 5.41) is 3.08. The lowest BCUT2D eigenvalue weighted by Crippen LogP contribution is -2.34. The number of anilines is 1. The zero-order valence-corrected chi connectivity index (χ0v) is 12.2. The molecular formula is C16H23N3O. The molecule has 2 heterocycles. The van der Waals surface area contributed by atoms with Crippen LogP contribution in [0.25, 0.3) is 0 Å². The first-order chi connectivity index (χ1) is 9.74. The fraction of sp³-hybridized carbons (Fsp3) is 0.625. The quantitative estimate of drug-likeness (QED) is 0.916. The summed E-state index contributed by atoms with van der Waals surface area (Å²) in [6.45, 7) is 4.80. The van der Waals surface area contributed by atoms with Crippen LogP contribution in [0.15, 0.2) is 12.1 Å². The van der Waals surface area contributed by atoms with Gasteiger partial charge in [0.1, 0.15) is 5.82 Å². The van der Waals surface area contributed by atoms with Crippen molar-refractivity contribution in [3.8, 4) is 0 Å². The number of nitrogens with zero attached hydrogens (tertiary/aromatic N) is 2. The molecule has 4 nitrogen and oxygen atoms in total. The normalized spacial score (nSPS) is 18.9. The maximum Gasteiger partial charge on any atom is 0.223 e. The lowest BCUT2D eigenvalue weighted by atomic mass is 9.85. The van der Waals surface area contributed by atoms with Crippen molar-refractivity contribution in [1.29, 1.82) is 0 Å². The second-order valence-electron chi connectivity index (χ2n) is 5.98. The number of hydrogen-bond acceptors (Lipinski definition) is 3. The Morgan fingerprint density at radius 1 is 1.30 bits per heavy atom. The number of amides is 1. The molecule has 1 aliphatic carbocycles. The van der Waals surface area contributed by atoms with E-state index in [1.165, 1.54) is 19.3 Å². The molecule has 0 unspecified atom stereocenters. The van der Waals surface area contributed by atoms with E-state index in [-0.39, 0.29) is 11.8 Å². The predicted octanol–water partition coefficient (Wildman–Crippen LogP) is 2.41. The van der Waals surface area contributed by atoms with Crippen LogP contribution in [-0.4, -0.2) is 24.0 Å². The Kier molecular flexibility index (Phi) is 3.90. The first-order valence-electron chi connectivity index (χ1n) is 7.73. The largest absolute Gasteiger partial charge is 0.356 e. The van der Waals surface area contributed by atoms with Crippen molar-refractivity contribution in [2.45, 2.75) is 45.6 Å². The lowest BCUT2D eigenvalue weighted by molar-refractivity contribution is -0.127. The van der Waals surface area contributed by atoms with E-state index in [2.05, 4.69) is 21.3 Å². The van der Waals surface area contributed by atoms with Crippen molar-refractivity contribution in [2.24, 2.45) is 5.92 Å². The molecule has 0 spiro atoms. The van der Waals surface area contributed by atoms with E-state index in [0.29, 0.717) is 6.54 Å². The molecule has 4 heteroatoms. The van der Waals surface area contributed by atoms with Crippen molar-refractivity contribution >= 4 is 11.7 Å². The SMILES string of the molecule is Cc1ccc(CNC(=O)C2CCC2)c(N2CCCC2)n1. The van der Waals surface area contributed by atoms with Gasteiger partial charge in [-0.3, -0.25) is 4.79 Å². The van der Waals surface area contributed by atoms with Crippen molar-refractivity contribution in [3.05, 3.63) is 23.4 Å². The minimum absolute atomic E-state index is 0.212. The molecule has 2 aliphatic rings. The fourth-order valence-electron chi connectivity index (χ4n) is 2.91. The standard InChI is InChI=1S/C16H23N3O/c1-12-7-8-14(11-17-16(20)13-5-4-6-13)15(18-12)19-9-2-3-10-19/h7-8,13H,2-6,9-11H2,1H3,(H,17,20). The molecule has 1 saturated carbocycles. The maximum atomic E-state index is 12.0. The average Bonchev–Trinajstić information content (AvgIpc) is 2.88. The van der Waals surface area contributed by atoms with Crippen LogP contribution in [0.4, 0.5) is 5.82 Å². The highest BCUT2D eigenvalue weighted by atomic mass is 16.1. The topological polar surface area (TPSA) is 45.2 Å². The lowest BCUT2D eigenvalue weighted by Gasteiger charge is -2.25. The summed E-state index contributed by atoms with van der Waals surface area (Å²) in [7, 11) is 0. The van der Waals surface area contributed by atoms with Gasteiger partial charge in [0.05, 0.1) is 0 Å². The van der Waals surface area contributed by atoms with Crippen LogP contribution in [-0.2, 0) is 11.3 Å². The molecule has 1 aliphatic heterocycles. The van der Waals surface area contributed by atoms with Gasteiger partial charge < -0.3 is 10.2 Å². The van der Waals surface area contributed by atoms with Crippen molar-refractivity contribution in [2.75, 3.05) is 18.0 Å². The van der Waals surface area contributed by atoms with Crippen molar-refractivity contribution in [1.82, 2.24) is 10.3 Å². The third-order valence-corrected chi connectivity index (χ3v) is 4.43. The molecule has 2 fully saturated rings. The summed E-state index contributed by atoms with van der Waals surface area (Å²) in [5.74, 6) is 1.53. The Balaban J connectivity index is 1.69. The summed E-state index contributed by atoms with van der Waals surface area (Å²) in [6, 6.07) is 4.14. The Morgan fingerprint density at radius 3 is 2.70 bits per heavy atom. The number of aryl methyl sites for hydroxylation is 1. The molecule has 1 amide bonds. The van der Waals surface area contributed by atoms with Gasteiger partial charge in [-0.2, -0.15) is 0 Å². The minimum Gasteiger partial charge on any atom is -0.356 e. The summed E-state index contributed by atoms with van der Waals surface area (Å²) in [6.07, 6.45) is 5.78. The number of hydrogen-bond donors (Lipinski definition) is 1. The van der Waals surface area contributed by atoms with E-state index in [1.54, 1.807) is 0 Å². The van der Waals surface area contributed by atoms with Crippen LogP contribution in [0.5, 0.6) is 0 Å². The molecule has 0 bridgehead atoms. The van der Waals surface area contributed by atoms with Crippen LogP contribution in [0.3, 0.4) is 0 Å². The van der Waals surface area contributed by atoms with Crippen LogP contribution in [0.2, 0.25) is 0 Å². The van der Waals surface area contributed by atoms with Gasteiger partial charge in [-0.1, -0.05) is 12.5 Å². The Hall–Kier alpha value is -1.58. The fourth-order valence-corrected chi connectivity index (χ4v) is 2.91. The monoisotopic (exact) mass is 273 g/mol. The second-order valence-corrected chi connectivity index (χ2v) is 5.98. The summed E-state index contributed by atoms with van der Waals surface area (Å²) >= 11 is 0. The first kappa shape index (κ1) is 13.4. The van der Waals surface area contributed by atoms with Crippen LogP contribution in [0, 0.1) is 12.8 Å². The van der Waals surface area contributed by atoms with E-state index in [9.17, 15) is 4.79 Å². The van der Waals surface area contributed by atoms with E-state index < -0.39 is 0 Å². The van der Waals surface area contributed by atoms with Gasteiger partial charge in [-0.15, -0.1) is 0 Å². The van der Waals surface area contributed by atoms with E-state index in [1.807, 2.05) is 13.0 Å². The van der Waals surface area contributed by atoms with Gasteiger partial charge in [0, 0.05) is 36.8 Å². The zero-order valence-electron chi connectivity index (χ0n) is 12.2. The first-order valence-corrected chi connectivity index (χ1v) is 7.73.